The number of carbonyl (C=O) groups excluding carboxylic acids is 1. The van der Waals surface area contributed by atoms with Gasteiger partial charge >= 0.3 is 0 Å². The smallest absolute Gasteiger partial charge is 0.253 e. The van der Waals surface area contributed by atoms with Crippen LogP contribution < -0.4 is 15.0 Å². The van der Waals surface area contributed by atoms with Crippen molar-refractivity contribution >= 4 is 34.9 Å². The standard InChI is InChI=1S/C30H34Cl2FN5O2.H2/c1-40-26-6-2-21(3-7-26)20-36-10-8-25(9-11-36)37-12-14-38(15-13-37)29-27(32)16-23(19-34-29)30(39)35-18-22-4-5-24(31)17-28(22)33;/h2-7,16-17,19,25H,8-15,18,20H2,1H3,(H,35,39);1H. The minimum Gasteiger partial charge on any atom is -0.497 e. The number of benzene rings is 2. The molecule has 0 saturated carbocycles. The number of rotatable bonds is 8. The van der Waals surface area contributed by atoms with Crippen LogP contribution in [0.15, 0.2) is 54.7 Å². The van der Waals surface area contributed by atoms with Gasteiger partial charge in [0.05, 0.1) is 17.7 Å². The van der Waals surface area contributed by atoms with E-state index < -0.39 is 5.82 Å². The van der Waals surface area contributed by atoms with Gasteiger partial charge in [0, 0.05) is 63.5 Å². The number of aromatic nitrogens is 1. The van der Waals surface area contributed by atoms with E-state index in [1.807, 2.05) is 12.1 Å². The van der Waals surface area contributed by atoms with Gasteiger partial charge in [0.25, 0.3) is 5.91 Å². The number of amides is 1. The predicted molar refractivity (Wildman–Crippen MR) is 159 cm³/mol. The highest BCUT2D eigenvalue weighted by Gasteiger charge is 2.28. The van der Waals surface area contributed by atoms with Gasteiger partial charge in [-0.1, -0.05) is 41.4 Å². The molecular weight excluding hydrogens is 552 g/mol. The zero-order valence-electron chi connectivity index (χ0n) is 22.6. The minimum atomic E-state index is -0.461. The van der Waals surface area contributed by atoms with Crippen molar-refractivity contribution in [3.05, 3.63) is 87.3 Å². The van der Waals surface area contributed by atoms with E-state index in [2.05, 4.69) is 37.1 Å². The molecule has 5 rings (SSSR count). The van der Waals surface area contributed by atoms with Crippen molar-refractivity contribution < 1.29 is 15.3 Å². The quantitative estimate of drug-likeness (QED) is 0.375. The predicted octanol–water partition coefficient (Wildman–Crippen LogP) is 5.50. The van der Waals surface area contributed by atoms with Crippen molar-refractivity contribution in [2.75, 3.05) is 51.3 Å². The van der Waals surface area contributed by atoms with Crippen LogP contribution in [0, 0.1) is 5.82 Å². The van der Waals surface area contributed by atoms with Crippen molar-refractivity contribution in [3.8, 4) is 5.75 Å². The summed E-state index contributed by atoms with van der Waals surface area (Å²) in [5.74, 6) is 0.759. The third-order valence-corrected chi connectivity index (χ3v) is 8.30. The Morgan fingerprint density at radius 2 is 1.77 bits per heavy atom. The van der Waals surface area contributed by atoms with Crippen LogP contribution in [0.5, 0.6) is 5.75 Å². The maximum Gasteiger partial charge on any atom is 0.253 e. The number of pyridine rings is 1. The number of likely N-dealkylation sites (tertiary alicyclic amines) is 1. The number of methoxy groups -OCH3 is 1. The molecule has 1 aromatic heterocycles. The van der Waals surface area contributed by atoms with Gasteiger partial charge in [-0.2, -0.15) is 0 Å². The van der Waals surface area contributed by atoms with Crippen LogP contribution >= 0.6 is 23.2 Å². The zero-order chi connectivity index (χ0) is 28.1. The Morgan fingerprint density at radius 3 is 2.42 bits per heavy atom. The zero-order valence-corrected chi connectivity index (χ0v) is 24.1. The van der Waals surface area contributed by atoms with Crippen LogP contribution in [0.25, 0.3) is 0 Å². The molecule has 2 aliphatic heterocycles. The average Bonchev–Trinajstić information content (AvgIpc) is 2.97. The second kappa shape index (κ2) is 13.2. The number of piperazine rings is 1. The van der Waals surface area contributed by atoms with Gasteiger partial charge in [-0.15, -0.1) is 0 Å². The topological polar surface area (TPSA) is 60.9 Å². The van der Waals surface area contributed by atoms with Gasteiger partial charge in [-0.05, 0) is 61.8 Å². The third-order valence-electron chi connectivity index (χ3n) is 7.79. The van der Waals surface area contributed by atoms with Crippen molar-refractivity contribution in [2.45, 2.75) is 32.0 Å². The molecule has 2 aromatic carbocycles. The Balaban J connectivity index is 0.00000387. The number of halogens is 3. The lowest BCUT2D eigenvalue weighted by Gasteiger charge is -2.43. The average molecular weight is 589 g/mol. The number of ether oxygens (including phenoxy) is 1. The first kappa shape index (κ1) is 28.6. The van der Waals surface area contributed by atoms with Gasteiger partial charge in [0.15, 0.2) is 0 Å². The summed E-state index contributed by atoms with van der Waals surface area (Å²) in [7, 11) is 1.69. The Kier molecular flexibility index (Phi) is 9.42. The summed E-state index contributed by atoms with van der Waals surface area (Å²) in [4.78, 5) is 24.4. The number of hydrogen-bond acceptors (Lipinski definition) is 6. The van der Waals surface area contributed by atoms with Gasteiger partial charge in [-0.25, -0.2) is 9.37 Å². The Bertz CT molecular complexity index is 1320. The van der Waals surface area contributed by atoms with Crippen LogP contribution in [0.1, 0.15) is 35.8 Å². The maximum atomic E-state index is 14.0. The summed E-state index contributed by atoms with van der Waals surface area (Å²) in [5.41, 5.74) is 2.01. The maximum absolute atomic E-state index is 14.0. The first-order chi connectivity index (χ1) is 19.4. The molecule has 3 aromatic rings. The van der Waals surface area contributed by atoms with E-state index in [-0.39, 0.29) is 13.9 Å². The molecule has 10 heteroatoms. The number of hydrogen-bond donors (Lipinski definition) is 1. The summed E-state index contributed by atoms with van der Waals surface area (Å²) < 4.78 is 19.3. The van der Waals surface area contributed by atoms with Crippen molar-refractivity contribution in [2.24, 2.45) is 0 Å². The van der Waals surface area contributed by atoms with Crippen LogP contribution in [0.3, 0.4) is 0 Å². The van der Waals surface area contributed by atoms with Crippen LogP contribution in [0.2, 0.25) is 10.0 Å². The molecule has 40 heavy (non-hydrogen) atoms. The molecule has 2 aliphatic rings. The van der Waals surface area contributed by atoms with Crippen molar-refractivity contribution in [1.82, 2.24) is 20.1 Å². The fourth-order valence-electron chi connectivity index (χ4n) is 5.46. The molecule has 2 saturated heterocycles. The summed E-state index contributed by atoms with van der Waals surface area (Å²) in [5, 5.41) is 3.46. The lowest BCUT2D eigenvalue weighted by atomic mass is 10.0. The van der Waals surface area contributed by atoms with Crippen LogP contribution in [-0.2, 0) is 13.1 Å². The van der Waals surface area contributed by atoms with E-state index in [9.17, 15) is 9.18 Å². The van der Waals surface area contributed by atoms with Gasteiger partial charge in [0.2, 0.25) is 0 Å². The van der Waals surface area contributed by atoms with Crippen LogP contribution in [-0.4, -0.2) is 73.1 Å². The SMILES string of the molecule is COc1ccc(CN2CCC(N3CCN(c4ncc(C(=O)NCc5ccc(Cl)cc5F)cc4Cl)CC3)CC2)cc1.[HH]. The molecule has 1 N–H and O–H groups in total. The molecule has 0 radical (unpaired) electrons. The minimum absolute atomic E-state index is 0. The number of nitrogens with one attached hydrogen (secondary N) is 1. The van der Waals surface area contributed by atoms with E-state index >= 15 is 0 Å². The van der Waals surface area contributed by atoms with E-state index in [1.54, 1.807) is 25.3 Å². The lowest BCUT2D eigenvalue weighted by Crippen LogP contribution is -2.53. The highest BCUT2D eigenvalue weighted by Crippen LogP contribution is 2.27. The van der Waals surface area contributed by atoms with E-state index in [4.69, 9.17) is 27.9 Å². The molecule has 214 valence electrons. The molecule has 0 aliphatic carbocycles. The monoisotopic (exact) mass is 587 g/mol. The summed E-state index contributed by atoms with van der Waals surface area (Å²) in [6.45, 7) is 6.79. The van der Waals surface area contributed by atoms with E-state index in [0.717, 1.165) is 51.6 Å². The molecule has 0 spiro atoms. The Morgan fingerprint density at radius 1 is 1.05 bits per heavy atom. The first-order valence-corrected chi connectivity index (χ1v) is 14.4. The number of piperidine rings is 1. The van der Waals surface area contributed by atoms with Crippen molar-refractivity contribution in [1.29, 1.82) is 0 Å². The molecule has 0 bridgehead atoms. The second-order valence-electron chi connectivity index (χ2n) is 10.3. The molecule has 3 heterocycles. The second-order valence-corrected chi connectivity index (χ2v) is 11.2. The van der Waals surface area contributed by atoms with Gasteiger partial charge < -0.3 is 15.0 Å². The van der Waals surface area contributed by atoms with Gasteiger partial charge in [0.1, 0.15) is 17.4 Å². The molecule has 0 atom stereocenters. The highest BCUT2D eigenvalue weighted by molar-refractivity contribution is 6.33. The summed E-state index contributed by atoms with van der Waals surface area (Å²) in [6.07, 6.45) is 3.86. The number of anilines is 1. The van der Waals surface area contributed by atoms with E-state index in [0.29, 0.717) is 33.0 Å². The van der Waals surface area contributed by atoms with Gasteiger partial charge in [-0.3, -0.25) is 14.6 Å². The van der Waals surface area contributed by atoms with Crippen molar-refractivity contribution in [3.63, 3.8) is 0 Å². The normalized spacial score (nSPS) is 17.1. The lowest BCUT2D eigenvalue weighted by molar-refractivity contribution is 0.0950. The number of carbonyl (C=O) groups is 1. The summed E-state index contributed by atoms with van der Waals surface area (Å²) in [6, 6.07) is 14.9. The fourth-order valence-corrected chi connectivity index (χ4v) is 5.91. The Labute approximate surface area is 246 Å². The third kappa shape index (κ3) is 7.04. The highest BCUT2D eigenvalue weighted by atomic mass is 35.5. The Hall–Kier alpha value is -2.91. The molecule has 1 amide bonds. The van der Waals surface area contributed by atoms with E-state index in [1.165, 1.54) is 30.7 Å². The number of nitrogens with zero attached hydrogens (tertiary/aromatic N) is 4. The first-order valence-electron chi connectivity index (χ1n) is 13.6. The molecule has 2 fully saturated rings. The molecule has 7 nitrogen and oxygen atoms in total. The molecular formula is C30H36Cl2FN5O2. The summed E-state index contributed by atoms with van der Waals surface area (Å²) >= 11 is 12.4. The molecule has 0 unspecified atom stereocenters. The fraction of sp³-hybridized carbons (Fsp3) is 0.400. The van der Waals surface area contributed by atoms with Crippen LogP contribution in [0.4, 0.5) is 10.2 Å². The largest absolute Gasteiger partial charge is 0.497 e.